The van der Waals surface area contributed by atoms with Crippen molar-refractivity contribution in [2.75, 3.05) is 0 Å². The van der Waals surface area contributed by atoms with Crippen molar-refractivity contribution >= 4 is 21.4 Å². The number of hydrogen-bond acceptors (Lipinski definition) is 4. The predicted octanol–water partition coefficient (Wildman–Crippen LogP) is 3.26. The molecule has 1 aromatic rings. The topological polar surface area (TPSA) is 70.0 Å². The quantitative estimate of drug-likeness (QED) is 0.907. The highest BCUT2D eigenvalue weighted by atomic mass is 32.2. The van der Waals surface area contributed by atoms with E-state index in [0.717, 1.165) is 42.9 Å². The second-order valence-corrected chi connectivity index (χ2v) is 8.38. The summed E-state index contributed by atoms with van der Waals surface area (Å²) >= 11 is 1.03. The predicted molar refractivity (Wildman–Crippen MR) is 80.0 cm³/mol. The van der Waals surface area contributed by atoms with Crippen molar-refractivity contribution in [3.8, 4) is 6.07 Å². The summed E-state index contributed by atoms with van der Waals surface area (Å²) in [6.07, 6.45) is 6.49. The van der Waals surface area contributed by atoms with E-state index in [1.807, 2.05) is 6.07 Å². The maximum atomic E-state index is 12.2. The van der Waals surface area contributed by atoms with Crippen molar-refractivity contribution in [2.45, 2.75) is 55.7 Å². The lowest BCUT2D eigenvalue weighted by Crippen LogP contribution is -2.37. The van der Waals surface area contributed by atoms with Gasteiger partial charge in [0.1, 0.15) is 15.2 Å². The van der Waals surface area contributed by atoms with E-state index in [0.29, 0.717) is 4.88 Å². The Hall–Kier alpha value is -0.900. The fourth-order valence-electron chi connectivity index (χ4n) is 2.78. The van der Waals surface area contributed by atoms with Crippen LogP contribution in [0.5, 0.6) is 0 Å². The molecule has 0 spiro atoms. The van der Waals surface area contributed by atoms with Gasteiger partial charge in [0.05, 0.1) is 0 Å². The fourth-order valence-corrected chi connectivity index (χ4v) is 5.20. The summed E-state index contributed by atoms with van der Waals surface area (Å²) in [5.41, 5.74) is 0. The highest BCUT2D eigenvalue weighted by Gasteiger charge is 2.26. The molecule has 0 radical (unpaired) electrons. The van der Waals surface area contributed by atoms with E-state index in [1.165, 1.54) is 18.9 Å². The number of rotatable bonds is 5. The minimum absolute atomic E-state index is 0.0424. The maximum absolute atomic E-state index is 12.2. The second-order valence-electron chi connectivity index (χ2n) is 5.36. The molecule has 1 fully saturated rings. The van der Waals surface area contributed by atoms with E-state index in [4.69, 9.17) is 5.26 Å². The van der Waals surface area contributed by atoms with Crippen LogP contribution in [-0.4, -0.2) is 14.5 Å². The molecule has 6 heteroatoms. The SMILES string of the molecule is CCCC1CCC(NS(=O)(=O)c2ccc(C#N)s2)CC1. The van der Waals surface area contributed by atoms with Crippen LogP contribution in [0.4, 0.5) is 0 Å². The number of nitriles is 1. The molecule has 110 valence electrons. The lowest BCUT2D eigenvalue weighted by atomic mass is 9.84. The Kier molecular flexibility index (Phi) is 5.19. The lowest BCUT2D eigenvalue weighted by molar-refractivity contribution is 0.297. The summed E-state index contributed by atoms with van der Waals surface area (Å²) in [5, 5.41) is 8.76. The summed E-state index contributed by atoms with van der Waals surface area (Å²) < 4.78 is 27.5. The van der Waals surface area contributed by atoms with Crippen LogP contribution in [0, 0.1) is 17.2 Å². The molecule has 0 bridgehead atoms. The van der Waals surface area contributed by atoms with Crippen LogP contribution in [0.25, 0.3) is 0 Å². The van der Waals surface area contributed by atoms with Crippen molar-refractivity contribution in [1.29, 1.82) is 5.26 Å². The van der Waals surface area contributed by atoms with Gasteiger partial charge >= 0.3 is 0 Å². The first kappa shape index (κ1) is 15.5. The normalized spacial score (nSPS) is 23.4. The van der Waals surface area contributed by atoms with Crippen LogP contribution >= 0.6 is 11.3 Å². The van der Waals surface area contributed by atoms with Crippen LogP contribution in [0.1, 0.15) is 50.3 Å². The Bertz CT molecular complexity index is 579. The molecule has 0 aliphatic heterocycles. The molecule has 4 nitrogen and oxygen atoms in total. The molecular formula is C14H20N2O2S2. The van der Waals surface area contributed by atoms with Gasteiger partial charge in [0.25, 0.3) is 0 Å². The minimum Gasteiger partial charge on any atom is -0.207 e. The van der Waals surface area contributed by atoms with E-state index in [9.17, 15) is 8.42 Å². The molecule has 1 N–H and O–H groups in total. The standard InChI is InChI=1S/C14H20N2O2S2/c1-2-3-11-4-6-12(7-5-11)16-20(17,18)14-9-8-13(10-15)19-14/h8-9,11-12,16H,2-7H2,1H3. The summed E-state index contributed by atoms with van der Waals surface area (Å²) in [4.78, 5) is 0.428. The molecule has 20 heavy (non-hydrogen) atoms. The summed E-state index contributed by atoms with van der Waals surface area (Å²) in [6, 6.07) is 5.07. The first-order chi connectivity index (χ1) is 9.55. The first-order valence-electron chi connectivity index (χ1n) is 7.07. The number of thiophene rings is 1. The van der Waals surface area contributed by atoms with E-state index >= 15 is 0 Å². The minimum atomic E-state index is -3.46. The third kappa shape index (κ3) is 3.81. The number of hydrogen-bond donors (Lipinski definition) is 1. The van der Waals surface area contributed by atoms with Gasteiger partial charge in [-0.05, 0) is 43.7 Å². The van der Waals surface area contributed by atoms with Crippen molar-refractivity contribution in [2.24, 2.45) is 5.92 Å². The Morgan fingerprint density at radius 2 is 2.05 bits per heavy atom. The zero-order valence-corrected chi connectivity index (χ0v) is 13.3. The number of nitrogens with zero attached hydrogens (tertiary/aromatic N) is 1. The van der Waals surface area contributed by atoms with E-state index in [1.54, 1.807) is 6.07 Å². The molecule has 0 aromatic carbocycles. The second kappa shape index (κ2) is 6.70. The van der Waals surface area contributed by atoms with Gasteiger partial charge < -0.3 is 0 Å². The van der Waals surface area contributed by atoms with Crippen molar-refractivity contribution in [3.63, 3.8) is 0 Å². The van der Waals surface area contributed by atoms with Gasteiger partial charge in [-0.25, -0.2) is 13.1 Å². The largest absolute Gasteiger partial charge is 0.250 e. The maximum Gasteiger partial charge on any atom is 0.250 e. The Morgan fingerprint density at radius 1 is 1.35 bits per heavy atom. The third-order valence-electron chi connectivity index (χ3n) is 3.82. The van der Waals surface area contributed by atoms with Gasteiger partial charge in [-0.2, -0.15) is 5.26 Å². The molecule has 1 aromatic heterocycles. The Morgan fingerprint density at radius 3 is 2.60 bits per heavy atom. The van der Waals surface area contributed by atoms with Gasteiger partial charge in [0, 0.05) is 6.04 Å². The average Bonchev–Trinajstić information content (AvgIpc) is 2.91. The third-order valence-corrected chi connectivity index (χ3v) is 6.82. The van der Waals surface area contributed by atoms with Crippen LogP contribution in [0.3, 0.4) is 0 Å². The van der Waals surface area contributed by atoms with E-state index in [-0.39, 0.29) is 10.3 Å². The van der Waals surface area contributed by atoms with E-state index < -0.39 is 10.0 Å². The van der Waals surface area contributed by atoms with Gasteiger partial charge in [-0.1, -0.05) is 19.8 Å². The van der Waals surface area contributed by atoms with Crippen LogP contribution < -0.4 is 4.72 Å². The zero-order chi connectivity index (χ0) is 14.6. The number of nitrogens with one attached hydrogen (secondary N) is 1. The fraction of sp³-hybridized carbons (Fsp3) is 0.643. The van der Waals surface area contributed by atoms with Gasteiger partial charge in [-0.15, -0.1) is 11.3 Å². The average molecular weight is 312 g/mol. The van der Waals surface area contributed by atoms with Gasteiger partial charge in [0.2, 0.25) is 10.0 Å². The van der Waals surface area contributed by atoms with Crippen LogP contribution in [0.2, 0.25) is 0 Å². The molecule has 1 aliphatic rings. The smallest absolute Gasteiger partial charge is 0.207 e. The summed E-state index contributed by atoms with van der Waals surface area (Å²) in [5.74, 6) is 0.757. The number of sulfonamides is 1. The molecule has 1 heterocycles. The molecule has 0 unspecified atom stereocenters. The van der Waals surface area contributed by atoms with Crippen LogP contribution in [0.15, 0.2) is 16.3 Å². The van der Waals surface area contributed by atoms with Crippen molar-refractivity contribution in [3.05, 3.63) is 17.0 Å². The first-order valence-corrected chi connectivity index (χ1v) is 9.37. The van der Waals surface area contributed by atoms with Crippen molar-refractivity contribution in [1.82, 2.24) is 4.72 Å². The molecule has 0 saturated heterocycles. The highest BCUT2D eigenvalue weighted by Crippen LogP contribution is 2.29. The van der Waals surface area contributed by atoms with Gasteiger partial charge in [0.15, 0.2) is 0 Å². The lowest BCUT2D eigenvalue weighted by Gasteiger charge is -2.28. The Labute approximate surface area is 124 Å². The highest BCUT2D eigenvalue weighted by molar-refractivity contribution is 7.91. The summed E-state index contributed by atoms with van der Waals surface area (Å²) in [6.45, 7) is 2.19. The summed E-state index contributed by atoms with van der Waals surface area (Å²) in [7, 11) is -3.46. The van der Waals surface area contributed by atoms with Gasteiger partial charge in [-0.3, -0.25) is 0 Å². The molecule has 0 atom stereocenters. The molecule has 1 aliphatic carbocycles. The molecule has 1 saturated carbocycles. The Balaban J connectivity index is 1.95. The monoisotopic (exact) mass is 312 g/mol. The van der Waals surface area contributed by atoms with Crippen LogP contribution in [-0.2, 0) is 10.0 Å². The molecule has 0 amide bonds. The van der Waals surface area contributed by atoms with Crippen molar-refractivity contribution < 1.29 is 8.42 Å². The van der Waals surface area contributed by atoms with E-state index in [2.05, 4.69) is 11.6 Å². The zero-order valence-electron chi connectivity index (χ0n) is 11.6. The molecular weight excluding hydrogens is 292 g/mol. The molecule has 2 rings (SSSR count).